The largest absolute Gasteiger partial charge is 0.494 e. The fourth-order valence-electron chi connectivity index (χ4n) is 0.717. The first-order valence-electron chi connectivity index (χ1n) is 2.87. The number of hydrogen-bond acceptors (Lipinski definition) is 2. The highest BCUT2D eigenvalue weighted by Crippen LogP contribution is 2.34. The molecule has 0 fully saturated rings. The third kappa shape index (κ3) is 2.03. The summed E-state index contributed by atoms with van der Waals surface area (Å²) in [5.74, 6) is 0.823. The van der Waals surface area contributed by atoms with Gasteiger partial charge in [-0.2, -0.15) is 0 Å². The molecule has 0 atom stereocenters. The molecule has 4 heteroatoms. The van der Waals surface area contributed by atoms with E-state index in [2.05, 4.69) is 51.1 Å². The highest BCUT2D eigenvalue weighted by Gasteiger charge is 2.06. The fraction of sp³-hybridized carbons (Fsp3) is 0.143. The van der Waals surface area contributed by atoms with Gasteiger partial charge in [-0.05, 0) is 50.7 Å². The van der Waals surface area contributed by atoms with Crippen LogP contribution >= 0.6 is 51.1 Å². The minimum Gasteiger partial charge on any atom is -0.494 e. The number of rotatable bonds is 1. The molecule has 0 bridgehead atoms. The SMILES string of the molecule is COc1c(I)ccc(Br)c1S. The van der Waals surface area contributed by atoms with Crippen molar-refractivity contribution in [2.75, 3.05) is 7.11 Å². The van der Waals surface area contributed by atoms with Crippen LogP contribution in [0.5, 0.6) is 5.75 Å². The summed E-state index contributed by atoms with van der Waals surface area (Å²) in [4.78, 5) is 0.847. The molecule has 60 valence electrons. The van der Waals surface area contributed by atoms with Gasteiger partial charge in [-0.3, -0.25) is 0 Å². The maximum absolute atomic E-state index is 5.14. The van der Waals surface area contributed by atoms with Gasteiger partial charge >= 0.3 is 0 Å². The zero-order valence-electron chi connectivity index (χ0n) is 5.77. The van der Waals surface area contributed by atoms with Gasteiger partial charge in [-0.25, -0.2) is 0 Å². The van der Waals surface area contributed by atoms with E-state index in [1.807, 2.05) is 12.1 Å². The molecular weight excluding hydrogens is 339 g/mol. The van der Waals surface area contributed by atoms with Gasteiger partial charge in [0.25, 0.3) is 0 Å². The lowest BCUT2D eigenvalue weighted by Crippen LogP contribution is -1.88. The van der Waals surface area contributed by atoms with Gasteiger partial charge in [-0.1, -0.05) is 0 Å². The van der Waals surface area contributed by atoms with Crippen molar-refractivity contribution in [3.05, 3.63) is 20.2 Å². The first-order valence-corrected chi connectivity index (χ1v) is 5.19. The number of ether oxygens (including phenoxy) is 1. The van der Waals surface area contributed by atoms with Crippen LogP contribution in [-0.2, 0) is 0 Å². The summed E-state index contributed by atoms with van der Waals surface area (Å²) in [7, 11) is 1.64. The molecule has 1 rings (SSSR count). The second kappa shape index (κ2) is 4.00. The maximum Gasteiger partial charge on any atom is 0.146 e. The van der Waals surface area contributed by atoms with Crippen LogP contribution in [0, 0.1) is 3.57 Å². The highest BCUT2D eigenvalue weighted by molar-refractivity contribution is 14.1. The van der Waals surface area contributed by atoms with Crippen LogP contribution in [0.25, 0.3) is 0 Å². The number of thiol groups is 1. The third-order valence-electron chi connectivity index (χ3n) is 1.24. The molecule has 1 aromatic carbocycles. The van der Waals surface area contributed by atoms with Gasteiger partial charge < -0.3 is 4.74 Å². The third-order valence-corrected chi connectivity index (χ3v) is 3.50. The lowest BCUT2D eigenvalue weighted by Gasteiger charge is -2.06. The summed E-state index contributed by atoms with van der Waals surface area (Å²) in [6, 6.07) is 3.93. The van der Waals surface area contributed by atoms with Crippen LogP contribution in [0.3, 0.4) is 0 Å². The van der Waals surface area contributed by atoms with E-state index in [1.54, 1.807) is 7.11 Å². The lowest BCUT2D eigenvalue weighted by atomic mass is 10.3. The van der Waals surface area contributed by atoms with E-state index < -0.39 is 0 Å². The summed E-state index contributed by atoms with van der Waals surface area (Å²) in [5.41, 5.74) is 0. The highest BCUT2D eigenvalue weighted by atomic mass is 127. The zero-order valence-corrected chi connectivity index (χ0v) is 10.4. The molecule has 0 saturated carbocycles. The number of methoxy groups -OCH3 is 1. The van der Waals surface area contributed by atoms with E-state index >= 15 is 0 Å². The second-order valence-electron chi connectivity index (χ2n) is 1.91. The summed E-state index contributed by atoms with van der Waals surface area (Å²) in [6.07, 6.45) is 0. The molecule has 0 aliphatic rings. The first kappa shape index (κ1) is 9.67. The molecular formula is C7H6BrIOS. The van der Waals surface area contributed by atoms with E-state index in [0.29, 0.717) is 0 Å². The normalized spacial score (nSPS) is 9.82. The van der Waals surface area contributed by atoms with Gasteiger partial charge in [0.1, 0.15) is 5.75 Å². The Bertz CT molecular complexity index is 277. The summed E-state index contributed by atoms with van der Waals surface area (Å²) in [5, 5.41) is 0. The molecule has 0 radical (unpaired) electrons. The second-order valence-corrected chi connectivity index (χ2v) is 4.37. The molecule has 1 aromatic rings. The van der Waals surface area contributed by atoms with Gasteiger partial charge in [0.05, 0.1) is 15.6 Å². The maximum atomic E-state index is 5.14. The summed E-state index contributed by atoms with van der Waals surface area (Å²) >= 11 is 9.85. The Morgan fingerprint density at radius 3 is 2.64 bits per heavy atom. The fourth-order valence-corrected chi connectivity index (χ4v) is 2.20. The average molecular weight is 345 g/mol. The Labute approximate surface area is 93.2 Å². The Morgan fingerprint density at radius 2 is 2.18 bits per heavy atom. The molecule has 0 spiro atoms. The average Bonchev–Trinajstić information content (AvgIpc) is 1.99. The molecule has 0 aliphatic heterocycles. The summed E-state index contributed by atoms with van der Waals surface area (Å²) < 4.78 is 7.17. The van der Waals surface area contributed by atoms with E-state index in [1.165, 1.54) is 0 Å². The van der Waals surface area contributed by atoms with Crippen LogP contribution in [-0.4, -0.2) is 7.11 Å². The molecule has 0 amide bonds. The van der Waals surface area contributed by atoms with E-state index in [4.69, 9.17) is 4.74 Å². The predicted molar refractivity (Wildman–Crippen MR) is 60.7 cm³/mol. The molecule has 0 aromatic heterocycles. The Kier molecular flexibility index (Phi) is 3.52. The van der Waals surface area contributed by atoms with Crippen molar-refractivity contribution in [3.8, 4) is 5.75 Å². The Hall–Kier alpha value is 0.580. The van der Waals surface area contributed by atoms with E-state index in [0.717, 1.165) is 18.7 Å². The van der Waals surface area contributed by atoms with Gasteiger partial charge in [0.15, 0.2) is 0 Å². The van der Waals surface area contributed by atoms with Crippen LogP contribution in [0.2, 0.25) is 0 Å². The number of benzene rings is 1. The van der Waals surface area contributed by atoms with Crippen molar-refractivity contribution in [2.24, 2.45) is 0 Å². The molecule has 1 nitrogen and oxygen atoms in total. The van der Waals surface area contributed by atoms with Crippen molar-refractivity contribution in [2.45, 2.75) is 4.90 Å². The molecule has 0 N–H and O–H groups in total. The first-order chi connectivity index (χ1) is 5.16. The lowest BCUT2D eigenvalue weighted by molar-refractivity contribution is 0.401. The van der Waals surface area contributed by atoms with Crippen molar-refractivity contribution < 1.29 is 4.74 Å². The summed E-state index contributed by atoms with van der Waals surface area (Å²) in [6.45, 7) is 0. The Balaban J connectivity index is 3.29. The molecule has 0 unspecified atom stereocenters. The number of hydrogen-bond donors (Lipinski definition) is 1. The minimum absolute atomic E-state index is 0.823. The van der Waals surface area contributed by atoms with Crippen molar-refractivity contribution >= 4 is 51.1 Å². The standard InChI is InChI=1S/C7H6BrIOS/c1-10-6-5(9)3-2-4(8)7(6)11/h2-3,11H,1H3. The van der Waals surface area contributed by atoms with Crippen LogP contribution in [0.1, 0.15) is 0 Å². The smallest absolute Gasteiger partial charge is 0.146 e. The quantitative estimate of drug-likeness (QED) is 0.607. The van der Waals surface area contributed by atoms with Crippen LogP contribution in [0.15, 0.2) is 21.5 Å². The van der Waals surface area contributed by atoms with Crippen molar-refractivity contribution in [3.63, 3.8) is 0 Å². The molecule has 11 heavy (non-hydrogen) atoms. The monoisotopic (exact) mass is 344 g/mol. The van der Waals surface area contributed by atoms with Gasteiger partial charge in [0.2, 0.25) is 0 Å². The minimum atomic E-state index is 0.823. The van der Waals surface area contributed by atoms with Crippen molar-refractivity contribution in [1.82, 2.24) is 0 Å². The molecule has 0 heterocycles. The van der Waals surface area contributed by atoms with Gasteiger partial charge in [0, 0.05) is 4.47 Å². The zero-order chi connectivity index (χ0) is 8.43. The van der Waals surface area contributed by atoms with E-state index in [9.17, 15) is 0 Å². The van der Waals surface area contributed by atoms with Crippen molar-refractivity contribution in [1.29, 1.82) is 0 Å². The molecule has 0 aliphatic carbocycles. The van der Waals surface area contributed by atoms with E-state index in [-0.39, 0.29) is 0 Å². The van der Waals surface area contributed by atoms with Gasteiger partial charge in [-0.15, -0.1) is 12.6 Å². The topological polar surface area (TPSA) is 9.23 Å². The van der Waals surface area contributed by atoms with Crippen LogP contribution in [0.4, 0.5) is 0 Å². The number of halogens is 2. The predicted octanol–water partition coefficient (Wildman–Crippen LogP) is 3.35. The Morgan fingerprint density at radius 1 is 1.55 bits per heavy atom. The molecule has 0 saturated heterocycles. The van der Waals surface area contributed by atoms with Crippen LogP contribution < -0.4 is 4.74 Å².